The van der Waals surface area contributed by atoms with Crippen molar-refractivity contribution in [2.75, 3.05) is 38.3 Å². The molecule has 7 heteroatoms. The number of ether oxygens (including phenoxy) is 2. The summed E-state index contributed by atoms with van der Waals surface area (Å²) < 4.78 is 11.0. The third-order valence-electron chi connectivity index (χ3n) is 5.19. The number of anilines is 1. The van der Waals surface area contributed by atoms with Crippen LogP contribution < -0.4 is 10.2 Å². The first kappa shape index (κ1) is 22.5. The smallest absolute Gasteiger partial charge is 0.253 e. The SMILES string of the molecule is COC[C@@H]1CN(c2cc(C)c(C(=O)NCc3ccc(Cl)cc3)c(C(C)C)n2)CCO1. The Morgan fingerprint density at radius 3 is 2.77 bits per heavy atom. The molecule has 6 nitrogen and oxygen atoms in total. The second-order valence-electron chi connectivity index (χ2n) is 7.92. The van der Waals surface area contributed by atoms with Gasteiger partial charge in [0.15, 0.2) is 0 Å². The number of hydrogen-bond acceptors (Lipinski definition) is 5. The molecule has 0 aliphatic carbocycles. The molecular weight excluding hydrogens is 402 g/mol. The summed E-state index contributed by atoms with van der Waals surface area (Å²) in [6, 6.07) is 9.47. The lowest BCUT2D eigenvalue weighted by atomic mass is 9.98. The highest BCUT2D eigenvalue weighted by atomic mass is 35.5. The predicted octanol–water partition coefficient (Wildman–Crippen LogP) is 3.95. The number of nitrogens with one attached hydrogen (secondary N) is 1. The summed E-state index contributed by atoms with van der Waals surface area (Å²) in [5, 5.41) is 3.70. The number of aromatic nitrogens is 1. The molecule has 0 unspecified atom stereocenters. The van der Waals surface area contributed by atoms with Gasteiger partial charge in [-0.3, -0.25) is 4.79 Å². The maximum Gasteiger partial charge on any atom is 0.253 e. The Labute approximate surface area is 183 Å². The molecule has 0 bridgehead atoms. The first-order valence-corrected chi connectivity index (χ1v) is 10.7. The molecule has 1 atom stereocenters. The van der Waals surface area contributed by atoms with Gasteiger partial charge in [-0.15, -0.1) is 0 Å². The van der Waals surface area contributed by atoms with Crippen molar-refractivity contribution in [3.05, 3.63) is 57.7 Å². The van der Waals surface area contributed by atoms with Crippen LogP contribution in [0.5, 0.6) is 0 Å². The molecule has 1 aromatic carbocycles. The van der Waals surface area contributed by atoms with Crippen LogP contribution in [0.1, 0.15) is 46.9 Å². The highest BCUT2D eigenvalue weighted by Crippen LogP contribution is 2.26. The first-order chi connectivity index (χ1) is 14.4. The maximum absolute atomic E-state index is 13.0. The van der Waals surface area contributed by atoms with E-state index in [2.05, 4.69) is 24.1 Å². The Bertz CT molecular complexity index is 869. The summed E-state index contributed by atoms with van der Waals surface area (Å²) >= 11 is 5.94. The number of methoxy groups -OCH3 is 1. The van der Waals surface area contributed by atoms with Crippen molar-refractivity contribution in [1.29, 1.82) is 0 Å². The summed E-state index contributed by atoms with van der Waals surface area (Å²) in [6.07, 6.45) is 0.0238. The molecule has 1 aliphatic rings. The van der Waals surface area contributed by atoms with E-state index < -0.39 is 0 Å². The highest BCUT2D eigenvalue weighted by Gasteiger charge is 2.25. The van der Waals surface area contributed by atoms with E-state index in [-0.39, 0.29) is 17.9 Å². The van der Waals surface area contributed by atoms with Crippen LogP contribution in [0, 0.1) is 6.92 Å². The Morgan fingerprint density at radius 1 is 1.37 bits per heavy atom. The Morgan fingerprint density at radius 2 is 2.10 bits per heavy atom. The van der Waals surface area contributed by atoms with Crippen LogP contribution in [-0.2, 0) is 16.0 Å². The molecule has 30 heavy (non-hydrogen) atoms. The van der Waals surface area contributed by atoms with Gasteiger partial charge in [0.1, 0.15) is 5.82 Å². The molecule has 1 fully saturated rings. The van der Waals surface area contributed by atoms with Crippen molar-refractivity contribution in [3.63, 3.8) is 0 Å². The zero-order valence-electron chi connectivity index (χ0n) is 18.1. The molecule has 3 rings (SSSR count). The van der Waals surface area contributed by atoms with Crippen LogP contribution in [-0.4, -0.2) is 50.4 Å². The fourth-order valence-electron chi connectivity index (χ4n) is 3.64. The topological polar surface area (TPSA) is 63.7 Å². The minimum atomic E-state index is -0.107. The molecule has 1 N–H and O–H groups in total. The average molecular weight is 432 g/mol. The van der Waals surface area contributed by atoms with E-state index in [1.807, 2.05) is 37.3 Å². The van der Waals surface area contributed by atoms with Gasteiger partial charge in [0.05, 0.1) is 30.6 Å². The van der Waals surface area contributed by atoms with E-state index >= 15 is 0 Å². The number of amides is 1. The van der Waals surface area contributed by atoms with Gasteiger partial charge in [0, 0.05) is 31.8 Å². The number of halogens is 1. The second kappa shape index (κ2) is 10.2. The molecule has 1 aromatic heterocycles. The Hall–Kier alpha value is -2.15. The fourth-order valence-corrected chi connectivity index (χ4v) is 3.77. The fraction of sp³-hybridized carbons (Fsp3) is 0.478. The number of morpholine rings is 1. The van der Waals surface area contributed by atoms with E-state index in [0.29, 0.717) is 30.3 Å². The minimum absolute atomic E-state index is 0.0238. The number of aryl methyl sites for hydroxylation is 1. The third kappa shape index (κ3) is 5.50. The van der Waals surface area contributed by atoms with Gasteiger partial charge in [-0.25, -0.2) is 4.98 Å². The number of benzene rings is 1. The van der Waals surface area contributed by atoms with Gasteiger partial charge in [-0.1, -0.05) is 37.6 Å². The van der Waals surface area contributed by atoms with E-state index in [1.165, 1.54) is 0 Å². The summed E-state index contributed by atoms with van der Waals surface area (Å²) in [6.45, 7) is 9.22. The van der Waals surface area contributed by atoms with E-state index in [0.717, 1.165) is 35.7 Å². The van der Waals surface area contributed by atoms with Gasteiger partial charge in [-0.2, -0.15) is 0 Å². The van der Waals surface area contributed by atoms with Crippen molar-refractivity contribution in [2.45, 2.75) is 39.3 Å². The van der Waals surface area contributed by atoms with Crippen molar-refractivity contribution in [2.24, 2.45) is 0 Å². The number of carbonyl (C=O) groups is 1. The lowest BCUT2D eigenvalue weighted by molar-refractivity contribution is -0.0102. The van der Waals surface area contributed by atoms with Crippen molar-refractivity contribution in [3.8, 4) is 0 Å². The number of nitrogens with zero attached hydrogens (tertiary/aromatic N) is 2. The van der Waals surface area contributed by atoms with Crippen molar-refractivity contribution >= 4 is 23.3 Å². The molecule has 0 saturated carbocycles. The molecule has 2 heterocycles. The van der Waals surface area contributed by atoms with Crippen LogP contribution in [0.25, 0.3) is 0 Å². The zero-order chi connectivity index (χ0) is 21.7. The Kier molecular flexibility index (Phi) is 7.69. The molecule has 1 amide bonds. The molecule has 1 aliphatic heterocycles. The van der Waals surface area contributed by atoms with Crippen molar-refractivity contribution in [1.82, 2.24) is 10.3 Å². The van der Waals surface area contributed by atoms with Crippen LogP contribution in [0.2, 0.25) is 5.02 Å². The number of rotatable bonds is 7. The minimum Gasteiger partial charge on any atom is -0.382 e. The molecule has 162 valence electrons. The molecular formula is C23H30ClN3O3. The monoisotopic (exact) mass is 431 g/mol. The standard InChI is InChI=1S/C23H30ClN3O3/c1-15(2)22-21(23(28)25-12-17-5-7-18(24)8-6-17)16(3)11-20(26-22)27-9-10-30-19(13-27)14-29-4/h5-8,11,15,19H,9-10,12-14H2,1-4H3,(H,25,28)/t19-/m0/s1. The normalized spacial score (nSPS) is 16.7. The van der Waals surface area contributed by atoms with Gasteiger partial charge in [0.25, 0.3) is 5.91 Å². The van der Waals surface area contributed by atoms with Gasteiger partial charge >= 0.3 is 0 Å². The van der Waals surface area contributed by atoms with Gasteiger partial charge in [-0.05, 0) is 42.2 Å². The first-order valence-electron chi connectivity index (χ1n) is 10.3. The third-order valence-corrected chi connectivity index (χ3v) is 5.44. The molecule has 1 saturated heterocycles. The summed E-state index contributed by atoms with van der Waals surface area (Å²) in [4.78, 5) is 20.1. The van der Waals surface area contributed by atoms with E-state index in [1.54, 1.807) is 7.11 Å². The lowest BCUT2D eigenvalue weighted by Crippen LogP contribution is -2.45. The van der Waals surface area contributed by atoms with Crippen LogP contribution in [0.4, 0.5) is 5.82 Å². The number of hydrogen-bond donors (Lipinski definition) is 1. The number of pyridine rings is 1. The second-order valence-corrected chi connectivity index (χ2v) is 8.35. The molecule has 2 aromatic rings. The van der Waals surface area contributed by atoms with Crippen LogP contribution in [0.3, 0.4) is 0 Å². The lowest BCUT2D eigenvalue weighted by Gasteiger charge is -2.34. The quantitative estimate of drug-likeness (QED) is 0.719. The number of carbonyl (C=O) groups excluding carboxylic acids is 1. The van der Waals surface area contributed by atoms with E-state index in [9.17, 15) is 4.79 Å². The molecule has 0 radical (unpaired) electrons. The zero-order valence-corrected chi connectivity index (χ0v) is 18.8. The highest BCUT2D eigenvalue weighted by molar-refractivity contribution is 6.30. The van der Waals surface area contributed by atoms with Crippen molar-refractivity contribution < 1.29 is 14.3 Å². The van der Waals surface area contributed by atoms with Crippen LogP contribution >= 0.6 is 11.6 Å². The largest absolute Gasteiger partial charge is 0.382 e. The Balaban J connectivity index is 1.80. The van der Waals surface area contributed by atoms with Crippen LogP contribution in [0.15, 0.2) is 30.3 Å². The van der Waals surface area contributed by atoms with Gasteiger partial charge in [0.2, 0.25) is 0 Å². The summed E-state index contributed by atoms with van der Waals surface area (Å²) in [5.74, 6) is 0.898. The average Bonchev–Trinajstić information content (AvgIpc) is 2.73. The molecule has 0 spiro atoms. The summed E-state index contributed by atoms with van der Waals surface area (Å²) in [5.41, 5.74) is 3.39. The van der Waals surface area contributed by atoms with Gasteiger partial charge < -0.3 is 19.7 Å². The maximum atomic E-state index is 13.0. The van der Waals surface area contributed by atoms with E-state index in [4.69, 9.17) is 26.1 Å². The summed E-state index contributed by atoms with van der Waals surface area (Å²) in [7, 11) is 1.68. The predicted molar refractivity (Wildman–Crippen MR) is 120 cm³/mol.